The van der Waals surface area contributed by atoms with Crippen LogP contribution in [0.3, 0.4) is 0 Å². The van der Waals surface area contributed by atoms with E-state index in [4.69, 9.17) is 37.6 Å². The number of aliphatic hydroxyl groups excluding tert-OH is 9. The fraction of sp³-hybridized carbons (Fsp3) is 0.571. The van der Waals surface area contributed by atoms with E-state index < -0.39 is 143 Å². The van der Waals surface area contributed by atoms with E-state index in [1.165, 1.54) is 28.1 Å². The maximum absolute atomic E-state index is 14.5. The number of methoxy groups -OCH3 is 2. The average molecular weight is 801 g/mol. The summed E-state index contributed by atoms with van der Waals surface area (Å²) in [6.07, 6.45) is -26.1. The number of hydrogen-bond acceptors (Lipinski definition) is 21. The Labute approximate surface area is 316 Å². The maximum Gasteiger partial charge on any atom is 0.269 e. The lowest BCUT2D eigenvalue weighted by Gasteiger charge is -2.54. The van der Waals surface area contributed by atoms with Crippen LogP contribution in [0.1, 0.15) is 13.8 Å². The second-order valence-corrected chi connectivity index (χ2v) is 13.8. The number of fused-ring (bicyclic) bond motifs is 1. The molecule has 21 heteroatoms. The Balaban J connectivity index is 1.55. The summed E-state index contributed by atoms with van der Waals surface area (Å²) in [5, 5.41) is 129. The van der Waals surface area contributed by atoms with Crippen LogP contribution >= 0.6 is 0 Å². The molecule has 3 saturated heterocycles. The fourth-order valence-corrected chi connectivity index (χ4v) is 6.99. The van der Waals surface area contributed by atoms with Crippen molar-refractivity contribution >= 4 is 11.0 Å². The number of phenols is 3. The van der Waals surface area contributed by atoms with E-state index in [1.54, 1.807) is 0 Å². The molecular weight excluding hydrogens is 756 g/mol. The molecule has 0 amide bonds. The van der Waals surface area contributed by atoms with Crippen LogP contribution in [0.5, 0.6) is 34.5 Å². The molecular formula is C35H44O21. The van der Waals surface area contributed by atoms with E-state index in [2.05, 4.69) is 0 Å². The first-order valence-electron chi connectivity index (χ1n) is 17.3. The highest BCUT2D eigenvalue weighted by molar-refractivity contribution is 5.88. The molecule has 3 aromatic rings. The van der Waals surface area contributed by atoms with Crippen LogP contribution in [-0.2, 0) is 18.9 Å². The molecule has 15 unspecified atom stereocenters. The van der Waals surface area contributed by atoms with Gasteiger partial charge in [-0.05, 0) is 26.0 Å². The van der Waals surface area contributed by atoms with Gasteiger partial charge in [0.15, 0.2) is 35.8 Å². The summed E-state index contributed by atoms with van der Waals surface area (Å²) in [5.74, 6) is -6.94. The molecule has 3 fully saturated rings. The Hall–Kier alpha value is -4.07. The smallest absolute Gasteiger partial charge is 0.269 e. The number of aromatic hydroxyl groups is 3. The number of hydrogen-bond donors (Lipinski definition) is 12. The highest BCUT2D eigenvalue weighted by Crippen LogP contribution is 2.47. The van der Waals surface area contributed by atoms with Crippen molar-refractivity contribution in [2.45, 2.75) is 105 Å². The van der Waals surface area contributed by atoms with Gasteiger partial charge >= 0.3 is 0 Å². The Morgan fingerprint density at radius 2 is 1.30 bits per heavy atom. The second kappa shape index (κ2) is 15.7. The third-order valence-corrected chi connectivity index (χ3v) is 10.2. The van der Waals surface area contributed by atoms with Crippen molar-refractivity contribution in [3.8, 4) is 45.8 Å². The van der Waals surface area contributed by atoms with Crippen LogP contribution in [0.25, 0.3) is 22.3 Å². The van der Waals surface area contributed by atoms with E-state index >= 15 is 0 Å². The van der Waals surface area contributed by atoms with Crippen LogP contribution < -0.4 is 19.6 Å². The van der Waals surface area contributed by atoms with Gasteiger partial charge in [0.05, 0.1) is 33.0 Å². The summed E-state index contributed by atoms with van der Waals surface area (Å²) < 4.78 is 45.7. The van der Waals surface area contributed by atoms with Crippen molar-refractivity contribution in [3.63, 3.8) is 0 Å². The number of phenolic OH excluding ortho intramolecular Hbond substituents is 3. The first-order chi connectivity index (χ1) is 26.4. The molecule has 3 aliphatic rings. The normalized spacial score (nSPS) is 37.7. The molecule has 15 atom stereocenters. The zero-order chi connectivity index (χ0) is 41.1. The van der Waals surface area contributed by atoms with Gasteiger partial charge in [0, 0.05) is 17.7 Å². The number of aliphatic hydroxyl groups is 9. The molecule has 0 radical (unpaired) electrons. The van der Waals surface area contributed by atoms with Gasteiger partial charge in [-0.15, -0.1) is 0 Å². The molecule has 310 valence electrons. The van der Waals surface area contributed by atoms with Gasteiger partial charge in [-0.25, -0.2) is 0 Å². The monoisotopic (exact) mass is 800 g/mol. The molecule has 12 N–H and O–H groups in total. The maximum atomic E-state index is 14.5. The van der Waals surface area contributed by atoms with Gasteiger partial charge in [-0.3, -0.25) is 4.79 Å². The molecule has 3 aliphatic heterocycles. The van der Waals surface area contributed by atoms with Gasteiger partial charge in [-0.1, -0.05) is 0 Å². The fourth-order valence-electron chi connectivity index (χ4n) is 6.99. The lowest BCUT2D eigenvalue weighted by molar-refractivity contribution is -0.399. The molecule has 0 aliphatic carbocycles. The SMILES string of the molecule is COc1cc(-c2oc3cc(O)cc(O)c3c(=O)c2OC2(C3OC(C)C(O)C(O)C3O)OC(COC3OC(C)C(O)C(O)C3O)C(O)C(O)C2O)cc(OC)c1O. The molecule has 56 heavy (non-hydrogen) atoms. The summed E-state index contributed by atoms with van der Waals surface area (Å²) in [7, 11) is 2.39. The Morgan fingerprint density at radius 3 is 1.91 bits per heavy atom. The second-order valence-electron chi connectivity index (χ2n) is 13.8. The minimum atomic E-state index is -3.11. The third kappa shape index (κ3) is 6.97. The summed E-state index contributed by atoms with van der Waals surface area (Å²) in [6, 6.07) is 4.09. The predicted octanol–water partition coefficient (Wildman–Crippen LogP) is -3.14. The predicted molar refractivity (Wildman–Crippen MR) is 183 cm³/mol. The van der Waals surface area contributed by atoms with Crippen molar-refractivity contribution < 1.29 is 98.9 Å². The molecule has 0 saturated carbocycles. The summed E-state index contributed by atoms with van der Waals surface area (Å²) >= 11 is 0. The standard InChI is InChI=1S/C35H44O21/c1-10-20(38)25(43)28(46)33(52-10)35(32(48)27(45)23(41)18(55-35)9-51-34-29(47)26(44)21(39)11(2)53-34)56-31-24(42)19-14(37)7-13(36)8-15(19)54-30(31)12-5-16(49-3)22(40)17(6-12)50-4/h5-8,10-11,18,20-21,23,25-29,32-34,36-41,43-48H,9H2,1-4H3. The van der Waals surface area contributed by atoms with Gasteiger partial charge in [0.25, 0.3) is 5.79 Å². The van der Waals surface area contributed by atoms with Crippen molar-refractivity contribution in [1.29, 1.82) is 0 Å². The van der Waals surface area contributed by atoms with Crippen molar-refractivity contribution in [1.82, 2.24) is 0 Å². The summed E-state index contributed by atoms with van der Waals surface area (Å²) in [5.41, 5.74) is -1.80. The largest absolute Gasteiger partial charge is 0.508 e. The molecule has 4 heterocycles. The van der Waals surface area contributed by atoms with Crippen LogP contribution in [0.15, 0.2) is 33.5 Å². The summed E-state index contributed by atoms with van der Waals surface area (Å²) in [4.78, 5) is 14.5. The zero-order valence-electron chi connectivity index (χ0n) is 30.1. The number of rotatable bonds is 9. The first kappa shape index (κ1) is 41.6. The van der Waals surface area contributed by atoms with Gasteiger partial charge in [0.1, 0.15) is 77.4 Å². The lowest BCUT2D eigenvalue weighted by atomic mass is 9.83. The van der Waals surface area contributed by atoms with E-state index in [1.807, 2.05) is 0 Å². The zero-order valence-corrected chi connectivity index (χ0v) is 30.1. The van der Waals surface area contributed by atoms with Crippen molar-refractivity contribution in [2.75, 3.05) is 20.8 Å². The molecule has 0 spiro atoms. The highest BCUT2D eigenvalue weighted by atomic mass is 16.8. The van der Waals surface area contributed by atoms with E-state index in [0.29, 0.717) is 0 Å². The molecule has 6 rings (SSSR count). The quantitative estimate of drug-likeness (QED) is 0.102. The Bertz CT molecular complexity index is 1930. The van der Waals surface area contributed by atoms with Crippen molar-refractivity contribution in [2.24, 2.45) is 0 Å². The third-order valence-electron chi connectivity index (χ3n) is 10.2. The molecule has 1 aromatic heterocycles. The van der Waals surface area contributed by atoms with Gasteiger partial charge in [-0.2, -0.15) is 0 Å². The topological polar surface area (TPSA) is 338 Å². The number of ether oxygens (including phenoxy) is 7. The first-order valence-corrected chi connectivity index (χ1v) is 17.3. The number of benzene rings is 2. The molecule has 2 aromatic carbocycles. The summed E-state index contributed by atoms with van der Waals surface area (Å²) in [6.45, 7) is 1.77. The minimum absolute atomic E-state index is 0.151. The Morgan fingerprint density at radius 1 is 0.714 bits per heavy atom. The molecule has 21 nitrogen and oxygen atoms in total. The highest BCUT2D eigenvalue weighted by Gasteiger charge is 2.65. The minimum Gasteiger partial charge on any atom is -0.508 e. The molecule has 0 bridgehead atoms. The van der Waals surface area contributed by atoms with Crippen LogP contribution in [-0.4, -0.2) is 174 Å². The average Bonchev–Trinajstić information content (AvgIpc) is 3.16. The van der Waals surface area contributed by atoms with Crippen LogP contribution in [0.2, 0.25) is 0 Å². The van der Waals surface area contributed by atoms with Crippen molar-refractivity contribution in [3.05, 3.63) is 34.5 Å². The van der Waals surface area contributed by atoms with Gasteiger partial charge < -0.3 is 98.9 Å². The van der Waals surface area contributed by atoms with E-state index in [-0.39, 0.29) is 17.1 Å². The Kier molecular flexibility index (Phi) is 11.7. The lowest BCUT2D eigenvalue weighted by Crippen LogP contribution is -2.77. The van der Waals surface area contributed by atoms with E-state index in [9.17, 15) is 66.1 Å². The van der Waals surface area contributed by atoms with Crippen LogP contribution in [0.4, 0.5) is 0 Å². The van der Waals surface area contributed by atoms with E-state index in [0.717, 1.165) is 24.3 Å². The van der Waals surface area contributed by atoms with Gasteiger partial charge in [0.2, 0.25) is 16.9 Å². The van der Waals surface area contributed by atoms with Crippen LogP contribution in [0, 0.1) is 0 Å².